The molecule has 0 aromatic carbocycles. The molecule has 0 radical (unpaired) electrons. The van der Waals surface area contributed by atoms with Crippen LogP contribution in [0.3, 0.4) is 0 Å². The number of amidine groups is 1. The fourth-order valence-corrected chi connectivity index (χ4v) is 3.39. The predicted octanol–water partition coefficient (Wildman–Crippen LogP) is 0.894. The normalized spacial score (nSPS) is 24.8. The number of carbonyl (C=O) groups is 1. The Kier molecular flexibility index (Phi) is 4.86. The van der Waals surface area contributed by atoms with Gasteiger partial charge in [-0.15, -0.1) is 0 Å². The van der Waals surface area contributed by atoms with Crippen LogP contribution in [0.15, 0.2) is 5.16 Å². The summed E-state index contributed by atoms with van der Waals surface area (Å²) in [7, 11) is 0. The van der Waals surface area contributed by atoms with Crippen LogP contribution in [0.2, 0.25) is 0 Å². The standard InChI is InChI=1S/C14H26N4O2/c1-11(18-8-4-5-9-18)10-16-13(19)14(12(15)17-20)6-2-3-7-14/h11,20H,2-10H2,1H3,(H2,15,17)(H,16,19). The van der Waals surface area contributed by atoms with Gasteiger partial charge < -0.3 is 16.3 Å². The summed E-state index contributed by atoms with van der Waals surface area (Å²) in [5.41, 5.74) is 4.98. The van der Waals surface area contributed by atoms with Crippen LogP contribution in [0.1, 0.15) is 45.4 Å². The minimum absolute atomic E-state index is 0.0568. The fourth-order valence-electron chi connectivity index (χ4n) is 3.39. The zero-order chi connectivity index (χ0) is 14.6. The molecule has 0 aromatic rings. The second-order valence-electron chi connectivity index (χ2n) is 6.08. The van der Waals surface area contributed by atoms with Crippen molar-refractivity contribution in [1.29, 1.82) is 0 Å². The Labute approximate surface area is 120 Å². The number of carbonyl (C=O) groups excluding carboxylic acids is 1. The van der Waals surface area contributed by atoms with Crippen molar-refractivity contribution in [2.75, 3.05) is 19.6 Å². The number of nitrogens with two attached hydrogens (primary N) is 1. The van der Waals surface area contributed by atoms with Crippen LogP contribution in [0.5, 0.6) is 0 Å². The van der Waals surface area contributed by atoms with Gasteiger partial charge in [-0.1, -0.05) is 18.0 Å². The van der Waals surface area contributed by atoms with Crippen molar-refractivity contribution < 1.29 is 10.0 Å². The summed E-state index contributed by atoms with van der Waals surface area (Å²) < 4.78 is 0. The monoisotopic (exact) mass is 282 g/mol. The molecule has 1 amide bonds. The number of amides is 1. The number of likely N-dealkylation sites (tertiary alicyclic amines) is 1. The molecule has 6 nitrogen and oxygen atoms in total. The number of rotatable bonds is 5. The zero-order valence-corrected chi connectivity index (χ0v) is 12.3. The van der Waals surface area contributed by atoms with E-state index in [2.05, 4.69) is 22.3 Å². The van der Waals surface area contributed by atoms with E-state index in [0.717, 1.165) is 25.9 Å². The van der Waals surface area contributed by atoms with E-state index >= 15 is 0 Å². The molecule has 114 valence electrons. The molecule has 2 aliphatic rings. The van der Waals surface area contributed by atoms with Gasteiger partial charge in [-0.05, 0) is 45.7 Å². The molecule has 1 atom stereocenters. The molecular weight excluding hydrogens is 256 g/mol. The number of nitrogens with zero attached hydrogens (tertiary/aromatic N) is 2. The van der Waals surface area contributed by atoms with Gasteiger partial charge in [0.2, 0.25) is 5.91 Å². The maximum atomic E-state index is 12.5. The van der Waals surface area contributed by atoms with E-state index < -0.39 is 5.41 Å². The first-order chi connectivity index (χ1) is 9.60. The predicted molar refractivity (Wildman–Crippen MR) is 77.6 cm³/mol. The number of hydrogen-bond acceptors (Lipinski definition) is 4. The average molecular weight is 282 g/mol. The molecule has 20 heavy (non-hydrogen) atoms. The van der Waals surface area contributed by atoms with E-state index in [1.807, 2.05) is 0 Å². The Morgan fingerprint density at radius 2 is 1.95 bits per heavy atom. The minimum Gasteiger partial charge on any atom is -0.409 e. The van der Waals surface area contributed by atoms with Crippen LogP contribution >= 0.6 is 0 Å². The van der Waals surface area contributed by atoms with Crippen molar-refractivity contribution in [1.82, 2.24) is 10.2 Å². The molecule has 0 aromatic heterocycles. The molecule has 1 saturated heterocycles. The highest BCUT2D eigenvalue weighted by molar-refractivity contribution is 6.07. The summed E-state index contributed by atoms with van der Waals surface area (Å²) in [5.74, 6) is -0.0299. The lowest BCUT2D eigenvalue weighted by Gasteiger charge is -2.29. The molecule has 0 bridgehead atoms. The molecular formula is C14H26N4O2. The topological polar surface area (TPSA) is 91.0 Å². The molecule has 4 N–H and O–H groups in total. The summed E-state index contributed by atoms with van der Waals surface area (Å²) in [4.78, 5) is 14.9. The SMILES string of the molecule is CC(CNC(=O)C1(C(N)=NO)CCCC1)N1CCCC1. The number of hydrogen-bond donors (Lipinski definition) is 3. The van der Waals surface area contributed by atoms with Crippen LogP contribution < -0.4 is 11.1 Å². The highest BCUT2D eigenvalue weighted by atomic mass is 16.4. The van der Waals surface area contributed by atoms with Gasteiger partial charge in [0.25, 0.3) is 0 Å². The van der Waals surface area contributed by atoms with Crippen LogP contribution in [0.25, 0.3) is 0 Å². The second-order valence-corrected chi connectivity index (χ2v) is 6.08. The van der Waals surface area contributed by atoms with Gasteiger partial charge in [-0.2, -0.15) is 0 Å². The van der Waals surface area contributed by atoms with E-state index in [9.17, 15) is 4.79 Å². The highest BCUT2D eigenvalue weighted by Crippen LogP contribution is 2.38. The lowest BCUT2D eigenvalue weighted by atomic mass is 9.83. The van der Waals surface area contributed by atoms with E-state index in [4.69, 9.17) is 10.9 Å². The summed E-state index contributed by atoms with van der Waals surface area (Å²) in [6, 6.07) is 0.340. The smallest absolute Gasteiger partial charge is 0.234 e. The minimum atomic E-state index is -0.792. The van der Waals surface area contributed by atoms with Gasteiger partial charge in [-0.25, -0.2) is 0 Å². The van der Waals surface area contributed by atoms with Gasteiger partial charge in [0.05, 0.1) is 0 Å². The van der Waals surface area contributed by atoms with Crippen molar-refractivity contribution >= 4 is 11.7 Å². The highest BCUT2D eigenvalue weighted by Gasteiger charge is 2.45. The van der Waals surface area contributed by atoms with E-state index in [0.29, 0.717) is 25.4 Å². The molecule has 1 heterocycles. The first-order valence-electron chi connectivity index (χ1n) is 7.60. The van der Waals surface area contributed by atoms with E-state index in [1.54, 1.807) is 0 Å². The fraction of sp³-hybridized carbons (Fsp3) is 0.857. The van der Waals surface area contributed by atoms with Gasteiger partial charge in [0, 0.05) is 12.6 Å². The Bertz CT molecular complexity index is 371. The van der Waals surface area contributed by atoms with E-state index in [1.165, 1.54) is 12.8 Å². The third kappa shape index (κ3) is 2.90. The number of nitrogens with one attached hydrogen (secondary N) is 1. The van der Waals surface area contributed by atoms with Crippen molar-refractivity contribution in [2.45, 2.75) is 51.5 Å². The second kappa shape index (κ2) is 6.43. The third-order valence-corrected chi connectivity index (χ3v) is 4.81. The zero-order valence-electron chi connectivity index (χ0n) is 12.3. The Hall–Kier alpha value is -1.30. The van der Waals surface area contributed by atoms with Crippen molar-refractivity contribution in [3.8, 4) is 0 Å². The lowest BCUT2D eigenvalue weighted by molar-refractivity contribution is -0.127. The number of oxime groups is 1. The van der Waals surface area contributed by atoms with Crippen LogP contribution in [0, 0.1) is 5.41 Å². The molecule has 0 spiro atoms. The lowest BCUT2D eigenvalue weighted by Crippen LogP contribution is -2.51. The molecule has 1 aliphatic carbocycles. The molecule has 2 fully saturated rings. The molecule has 1 saturated carbocycles. The maximum Gasteiger partial charge on any atom is 0.234 e. The van der Waals surface area contributed by atoms with Crippen LogP contribution in [-0.4, -0.2) is 47.5 Å². The third-order valence-electron chi connectivity index (χ3n) is 4.81. The molecule has 2 rings (SSSR count). The molecule has 6 heteroatoms. The van der Waals surface area contributed by atoms with Gasteiger partial charge in [0.15, 0.2) is 5.84 Å². The van der Waals surface area contributed by atoms with Crippen molar-refractivity contribution in [3.63, 3.8) is 0 Å². The summed E-state index contributed by atoms with van der Waals surface area (Å²) in [6.07, 6.45) is 5.73. The van der Waals surface area contributed by atoms with Gasteiger partial charge in [0.1, 0.15) is 5.41 Å². The first kappa shape index (κ1) is 15.1. The summed E-state index contributed by atoms with van der Waals surface area (Å²) in [5, 5.41) is 15.0. The quantitative estimate of drug-likeness (QED) is 0.302. The van der Waals surface area contributed by atoms with Gasteiger partial charge >= 0.3 is 0 Å². The molecule has 1 unspecified atom stereocenters. The maximum absolute atomic E-state index is 12.5. The molecule has 1 aliphatic heterocycles. The first-order valence-corrected chi connectivity index (χ1v) is 7.60. The van der Waals surface area contributed by atoms with E-state index in [-0.39, 0.29) is 11.7 Å². The summed E-state index contributed by atoms with van der Waals surface area (Å²) >= 11 is 0. The Balaban J connectivity index is 1.92. The average Bonchev–Trinajstić information content (AvgIpc) is 3.14. The largest absolute Gasteiger partial charge is 0.409 e. The van der Waals surface area contributed by atoms with Gasteiger partial charge in [-0.3, -0.25) is 9.69 Å². The van der Waals surface area contributed by atoms with Crippen molar-refractivity contribution in [2.24, 2.45) is 16.3 Å². The van der Waals surface area contributed by atoms with Crippen LogP contribution in [0.4, 0.5) is 0 Å². The Morgan fingerprint density at radius 3 is 2.50 bits per heavy atom. The van der Waals surface area contributed by atoms with Crippen molar-refractivity contribution in [3.05, 3.63) is 0 Å². The summed E-state index contributed by atoms with van der Waals surface area (Å²) in [6.45, 7) is 4.99. The Morgan fingerprint density at radius 1 is 1.35 bits per heavy atom. The van der Waals surface area contributed by atoms with Crippen LogP contribution in [-0.2, 0) is 4.79 Å².